The molecule has 16 heavy (non-hydrogen) atoms. The van der Waals surface area contributed by atoms with Gasteiger partial charge >= 0.3 is 0 Å². The molecule has 3 nitrogen and oxygen atoms in total. The average Bonchev–Trinajstić information content (AvgIpc) is 2.23. The van der Waals surface area contributed by atoms with Gasteiger partial charge in [0, 0.05) is 17.3 Å². The molecule has 0 saturated carbocycles. The van der Waals surface area contributed by atoms with Crippen LogP contribution in [0.15, 0.2) is 24.4 Å². The van der Waals surface area contributed by atoms with E-state index in [1.165, 1.54) is 0 Å². The molecule has 1 aromatic carbocycles. The molecule has 0 unspecified atom stereocenters. The molecule has 82 valence electrons. The van der Waals surface area contributed by atoms with Crippen LogP contribution in [0.3, 0.4) is 0 Å². The Morgan fingerprint density at radius 3 is 2.62 bits per heavy atom. The average molecular weight is 254 g/mol. The van der Waals surface area contributed by atoms with Gasteiger partial charge in [0.25, 0.3) is 0 Å². The first-order valence-electron chi connectivity index (χ1n) is 4.63. The Bertz CT molecular complexity index is 541. The van der Waals surface area contributed by atoms with Crippen LogP contribution in [0.25, 0.3) is 11.1 Å². The van der Waals surface area contributed by atoms with Crippen LogP contribution in [0.4, 0.5) is 5.82 Å². The fourth-order valence-electron chi connectivity index (χ4n) is 1.44. The van der Waals surface area contributed by atoms with Gasteiger partial charge in [0.2, 0.25) is 5.28 Å². The predicted octanol–water partition coefficient (Wildman–Crippen LogP) is 3.34. The number of benzene rings is 1. The molecule has 2 aromatic rings. The molecule has 0 amide bonds. The summed E-state index contributed by atoms with van der Waals surface area (Å²) in [6.07, 6.45) is 1.57. The Hall–Kier alpha value is -1.32. The zero-order valence-corrected chi connectivity index (χ0v) is 10.0. The van der Waals surface area contributed by atoms with E-state index in [4.69, 9.17) is 28.9 Å². The Morgan fingerprint density at radius 2 is 1.94 bits per heavy atom. The molecule has 0 saturated heterocycles. The monoisotopic (exact) mass is 253 g/mol. The van der Waals surface area contributed by atoms with Gasteiger partial charge in [-0.05, 0) is 24.1 Å². The maximum atomic E-state index is 6.20. The molecular weight excluding hydrogens is 245 g/mol. The third-order valence-electron chi connectivity index (χ3n) is 2.27. The van der Waals surface area contributed by atoms with Crippen molar-refractivity contribution in [1.29, 1.82) is 0 Å². The molecule has 5 heteroatoms. The van der Waals surface area contributed by atoms with Gasteiger partial charge in [0.1, 0.15) is 5.82 Å². The molecular formula is C11H9Cl2N3. The molecule has 1 heterocycles. The van der Waals surface area contributed by atoms with Crippen molar-refractivity contribution >= 4 is 29.0 Å². The topological polar surface area (TPSA) is 51.8 Å². The first kappa shape index (κ1) is 11.2. The van der Waals surface area contributed by atoms with E-state index in [9.17, 15) is 0 Å². The molecule has 2 N–H and O–H groups in total. The maximum absolute atomic E-state index is 6.20. The molecule has 2 rings (SSSR count). The third kappa shape index (κ3) is 1.96. The minimum Gasteiger partial charge on any atom is -0.383 e. The largest absolute Gasteiger partial charge is 0.383 e. The van der Waals surface area contributed by atoms with Crippen molar-refractivity contribution < 1.29 is 0 Å². The number of nitrogens with two attached hydrogens (primary N) is 1. The minimum atomic E-state index is 0.130. The highest BCUT2D eigenvalue weighted by Crippen LogP contribution is 2.32. The van der Waals surface area contributed by atoms with Crippen LogP contribution in [-0.4, -0.2) is 9.97 Å². The van der Waals surface area contributed by atoms with Gasteiger partial charge in [-0.3, -0.25) is 0 Å². The van der Waals surface area contributed by atoms with Crippen molar-refractivity contribution in [3.8, 4) is 11.1 Å². The van der Waals surface area contributed by atoms with Gasteiger partial charge in [-0.15, -0.1) is 0 Å². The van der Waals surface area contributed by atoms with Crippen molar-refractivity contribution in [2.75, 3.05) is 5.73 Å². The Morgan fingerprint density at radius 1 is 1.19 bits per heavy atom. The van der Waals surface area contributed by atoms with Gasteiger partial charge in [0.15, 0.2) is 0 Å². The summed E-state index contributed by atoms with van der Waals surface area (Å²) in [6, 6.07) is 5.71. The summed E-state index contributed by atoms with van der Waals surface area (Å²) in [6.45, 7) is 1.93. The van der Waals surface area contributed by atoms with Crippen molar-refractivity contribution in [3.63, 3.8) is 0 Å². The lowest BCUT2D eigenvalue weighted by molar-refractivity contribution is 1.18. The van der Waals surface area contributed by atoms with Crippen molar-refractivity contribution in [2.45, 2.75) is 6.92 Å². The zero-order valence-electron chi connectivity index (χ0n) is 8.54. The summed E-state index contributed by atoms with van der Waals surface area (Å²) in [5.74, 6) is 0.326. The summed E-state index contributed by atoms with van der Waals surface area (Å²) in [5, 5.41) is 0.783. The van der Waals surface area contributed by atoms with Crippen LogP contribution in [0, 0.1) is 6.92 Å². The van der Waals surface area contributed by atoms with Crippen molar-refractivity contribution in [3.05, 3.63) is 40.3 Å². The lowest BCUT2D eigenvalue weighted by Gasteiger charge is -2.08. The molecule has 0 aliphatic carbocycles. The number of hydrogen-bond acceptors (Lipinski definition) is 3. The lowest BCUT2D eigenvalue weighted by Crippen LogP contribution is -1.97. The number of aromatic nitrogens is 2. The number of nitrogens with zero attached hydrogens (tertiary/aromatic N) is 2. The zero-order chi connectivity index (χ0) is 11.7. The van der Waals surface area contributed by atoms with Crippen molar-refractivity contribution in [1.82, 2.24) is 9.97 Å². The van der Waals surface area contributed by atoms with Gasteiger partial charge in [0.05, 0.1) is 5.02 Å². The highest BCUT2D eigenvalue weighted by atomic mass is 35.5. The summed E-state index contributed by atoms with van der Waals surface area (Å²) < 4.78 is 0. The van der Waals surface area contributed by atoms with Crippen molar-refractivity contribution in [2.24, 2.45) is 0 Å². The summed E-state index contributed by atoms with van der Waals surface area (Å²) in [4.78, 5) is 7.80. The number of halogens is 2. The first-order valence-corrected chi connectivity index (χ1v) is 5.38. The molecule has 1 aromatic heterocycles. The molecule has 0 bridgehead atoms. The maximum Gasteiger partial charge on any atom is 0.224 e. The van der Waals surface area contributed by atoms with Crippen LogP contribution >= 0.6 is 23.2 Å². The van der Waals surface area contributed by atoms with Crippen LogP contribution in [-0.2, 0) is 0 Å². The molecule has 0 spiro atoms. The Labute approximate surface area is 103 Å². The molecule has 0 radical (unpaired) electrons. The van der Waals surface area contributed by atoms with E-state index in [-0.39, 0.29) is 5.28 Å². The van der Waals surface area contributed by atoms with Gasteiger partial charge in [-0.25, -0.2) is 9.97 Å². The minimum absolute atomic E-state index is 0.130. The van der Waals surface area contributed by atoms with Crippen LogP contribution in [0.1, 0.15) is 5.56 Å². The number of rotatable bonds is 1. The summed E-state index contributed by atoms with van der Waals surface area (Å²) in [5.41, 5.74) is 8.27. The van der Waals surface area contributed by atoms with E-state index >= 15 is 0 Å². The molecule has 0 fully saturated rings. The SMILES string of the molecule is Cc1cccc(-c2cnc(Cl)nc2N)c1Cl. The second-order valence-corrected chi connectivity index (χ2v) is 4.09. The number of hydrogen-bond donors (Lipinski definition) is 1. The fraction of sp³-hybridized carbons (Fsp3) is 0.0909. The normalized spacial score (nSPS) is 10.4. The van der Waals surface area contributed by atoms with Crippen LogP contribution < -0.4 is 5.73 Å². The predicted molar refractivity (Wildman–Crippen MR) is 66.6 cm³/mol. The molecule has 0 aliphatic heterocycles. The quantitative estimate of drug-likeness (QED) is 0.794. The van der Waals surface area contributed by atoms with E-state index in [0.717, 1.165) is 11.1 Å². The fourth-order valence-corrected chi connectivity index (χ4v) is 1.80. The highest BCUT2D eigenvalue weighted by molar-refractivity contribution is 6.34. The van der Waals surface area contributed by atoms with E-state index in [2.05, 4.69) is 9.97 Å². The van der Waals surface area contributed by atoms with Gasteiger partial charge in [-0.1, -0.05) is 29.8 Å². The second kappa shape index (κ2) is 4.28. The lowest BCUT2D eigenvalue weighted by atomic mass is 10.1. The number of nitrogen functional groups attached to an aromatic ring is 1. The molecule has 0 atom stereocenters. The smallest absolute Gasteiger partial charge is 0.224 e. The highest BCUT2D eigenvalue weighted by Gasteiger charge is 2.10. The van der Waals surface area contributed by atoms with E-state index in [0.29, 0.717) is 16.4 Å². The Balaban J connectivity index is 2.63. The number of anilines is 1. The summed E-state index contributed by atoms with van der Waals surface area (Å²) >= 11 is 11.8. The molecule has 0 aliphatic rings. The van der Waals surface area contributed by atoms with E-state index in [1.54, 1.807) is 6.20 Å². The van der Waals surface area contributed by atoms with E-state index < -0.39 is 0 Å². The van der Waals surface area contributed by atoms with Crippen LogP contribution in [0.2, 0.25) is 10.3 Å². The standard InChI is InChI=1S/C11H9Cl2N3/c1-6-3-2-4-7(9(6)12)8-5-15-11(13)16-10(8)14/h2-5H,1H3,(H2,14,15,16). The number of aryl methyl sites for hydroxylation is 1. The van der Waals surface area contributed by atoms with E-state index in [1.807, 2.05) is 25.1 Å². The Kier molecular flexibility index (Phi) is 2.99. The first-order chi connectivity index (χ1) is 7.59. The van der Waals surface area contributed by atoms with Gasteiger partial charge < -0.3 is 5.73 Å². The second-order valence-electron chi connectivity index (χ2n) is 3.37. The van der Waals surface area contributed by atoms with Crippen LogP contribution in [0.5, 0.6) is 0 Å². The summed E-state index contributed by atoms with van der Waals surface area (Å²) in [7, 11) is 0. The van der Waals surface area contributed by atoms with Gasteiger partial charge in [-0.2, -0.15) is 0 Å². The third-order valence-corrected chi connectivity index (χ3v) is 2.95.